The van der Waals surface area contributed by atoms with Crippen molar-refractivity contribution >= 4 is 40.6 Å². The molecule has 16 heavy (non-hydrogen) atoms. The van der Waals surface area contributed by atoms with E-state index in [1.165, 1.54) is 4.68 Å². The quantitative estimate of drug-likeness (QED) is 0.778. The number of imide groups is 1. The normalized spacial score (nSPS) is 18.3. The molecule has 2 amide bonds. The third-order valence-electron chi connectivity index (χ3n) is 2.11. The molecule has 0 unspecified atom stereocenters. The number of aromatic nitrogens is 2. The van der Waals surface area contributed by atoms with Crippen LogP contribution in [0.15, 0.2) is 4.91 Å². The monoisotopic (exact) mass is 257 g/mol. The van der Waals surface area contributed by atoms with E-state index in [0.717, 1.165) is 11.8 Å². The molecule has 5 nitrogen and oxygen atoms in total. The smallest absolute Gasteiger partial charge is 0.282 e. The zero-order chi connectivity index (χ0) is 11.9. The molecule has 1 aliphatic rings. The molecule has 0 radical (unpaired) electrons. The Morgan fingerprint density at radius 2 is 2.19 bits per heavy atom. The fraction of sp³-hybridized carbons (Fsp3) is 0.222. The molecule has 1 aromatic rings. The van der Waals surface area contributed by atoms with Crippen molar-refractivity contribution in [3.63, 3.8) is 0 Å². The van der Waals surface area contributed by atoms with Gasteiger partial charge >= 0.3 is 0 Å². The van der Waals surface area contributed by atoms with E-state index in [2.05, 4.69) is 10.4 Å². The van der Waals surface area contributed by atoms with E-state index in [1.54, 1.807) is 20.0 Å². The second-order valence-electron chi connectivity index (χ2n) is 3.27. The summed E-state index contributed by atoms with van der Waals surface area (Å²) in [5.41, 5.74) is 1.38. The first kappa shape index (κ1) is 11.2. The molecule has 1 N–H and O–H groups in total. The second kappa shape index (κ2) is 3.95. The van der Waals surface area contributed by atoms with Crippen LogP contribution in [0.1, 0.15) is 11.3 Å². The number of hydrogen-bond acceptors (Lipinski definition) is 4. The van der Waals surface area contributed by atoms with Gasteiger partial charge in [0.1, 0.15) is 5.15 Å². The van der Waals surface area contributed by atoms with Crippen LogP contribution in [0.4, 0.5) is 4.79 Å². The van der Waals surface area contributed by atoms with Gasteiger partial charge in [-0.1, -0.05) is 11.6 Å². The van der Waals surface area contributed by atoms with Gasteiger partial charge in [-0.05, 0) is 24.8 Å². The lowest BCUT2D eigenvalue weighted by Crippen LogP contribution is -2.17. The number of hydrogen-bond donors (Lipinski definition) is 1. The highest BCUT2D eigenvalue weighted by Crippen LogP contribution is 2.29. The Labute approximate surface area is 101 Å². The van der Waals surface area contributed by atoms with E-state index >= 15 is 0 Å². The first-order valence-corrected chi connectivity index (χ1v) is 5.62. The summed E-state index contributed by atoms with van der Waals surface area (Å²) >= 11 is 6.87. The summed E-state index contributed by atoms with van der Waals surface area (Å²) in [6.07, 6.45) is 1.58. The van der Waals surface area contributed by atoms with Gasteiger partial charge in [0.05, 0.1) is 10.6 Å². The summed E-state index contributed by atoms with van der Waals surface area (Å²) in [6, 6.07) is 0. The Kier molecular flexibility index (Phi) is 2.77. The highest BCUT2D eigenvalue weighted by atomic mass is 35.5. The maximum Gasteiger partial charge on any atom is 0.290 e. The molecule has 84 valence electrons. The molecule has 0 aromatic carbocycles. The molecule has 1 saturated heterocycles. The first-order chi connectivity index (χ1) is 7.49. The molecular weight excluding hydrogens is 250 g/mol. The molecule has 0 saturated carbocycles. The van der Waals surface area contributed by atoms with Gasteiger partial charge in [-0.25, -0.2) is 0 Å². The average Bonchev–Trinajstić information content (AvgIpc) is 2.62. The maximum atomic E-state index is 11.3. The van der Waals surface area contributed by atoms with Crippen LogP contribution in [-0.2, 0) is 11.8 Å². The lowest BCUT2D eigenvalue weighted by atomic mass is 10.2. The van der Waals surface area contributed by atoms with E-state index in [9.17, 15) is 9.59 Å². The van der Waals surface area contributed by atoms with Crippen LogP contribution >= 0.6 is 23.4 Å². The Morgan fingerprint density at radius 1 is 1.50 bits per heavy atom. The molecule has 1 aromatic heterocycles. The first-order valence-electron chi connectivity index (χ1n) is 4.43. The van der Waals surface area contributed by atoms with Crippen LogP contribution < -0.4 is 5.32 Å². The molecule has 0 aliphatic carbocycles. The van der Waals surface area contributed by atoms with Crippen molar-refractivity contribution in [1.82, 2.24) is 15.1 Å². The van der Waals surface area contributed by atoms with Crippen LogP contribution in [0.2, 0.25) is 5.15 Å². The predicted octanol–water partition coefficient (Wildman–Crippen LogP) is 1.71. The highest BCUT2D eigenvalue weighted by molar-refractivity contribution is 8.18. The highest BCUT2D eigenvalue weighted by Gasteiger charge is 2.26. The third-order valence-corrected chi connectivity index (χ3v) is 3.37. The van der Waals surface area contributed by atoms with Gasteiger partial charge in [0.15, 0.2) is 0 Å². The Hall–Kier alpha value is -1.27. The number of carbonyl (C=O) groups excluding carboxylic acids is 2. The SMILES string of the molecule is Cc1nn(C)c(Cl)c1/C=C1\SC(=O)NC1=O. The van der Waals surface area contributed by atoms with E-state index in [-0.39, 0.29) is 5.24 Å². The van der Waals surface area contributed by atoms with Gasteiger partial charge in [-0.15, -0.1) is 0 Å². The second-order valence-corrected chi connectivity index (χ2v) is 4.64. The molecule has 0 spiro atoms. The number of carbonyl (C=O) groups is 2. The molecule has 1 aliphatic heterocycles. The van der Waals surface area contributed by atoms with Crippen LogP contribution in [-0.4, -0.2) is 20.9 Å². The number of nitrogens with zero attached hydrogens (tertiary/aromatic N) is 2. The van der Waals surface area contributed by atoms with Crippen LogP contribution in [0.3, 0.4) is 0 Å². The van der Waals surface area contributed by atoms with Crippen molar-refractivity contribution in [3.05, 3.63) is 21.3 Å². The number of nitrogens with one attached hydrogen (secondary N) is 1. The molecular formula is C9H8ClN3O2S. The minimum Gasteiger partial charge on any atom is -0.282 e. The van der Waals surface area contributed by atoms with Gasteiger partial charge in [-0.3, -0.25) is 19.6 Å². The van der Waals surface area contributed by atoms with Crippen molar-refractivity contribution < 1.29 is 9.59 Å². The van der Waals surface area contributed by atoms with Crippen molar-refractivity contribution in [2.24, 2.45) is 7.05 Å². The molecule has 7 heteroatoms. The lowest BCUT2D eigenvalue weighted by molar-refractivity contribution is -0.115. The minimum absolute atomic E-state index is 0.336. The summed E-state index contributed by atoms with van der Waals surface area (Å²) in [4.78, 5) is 22.6. The summed E-state index contributed by atoms with van der Waals surface area (Å²) in [5.74, 6) is -0.394. The Bertz CT molecular complexity index is 521. The lowest BCUT2D eigenvalue weighted by Gasteiger charge is -1.93. The van der Waals surface area contributed by atoms with Gasteiger partial charge in [0, 0.05) is 12.6 Å². The number of aryl methyl sites for hydroxylation is 2. The number of thioether (sulfide) groups is 1. The van der Waals surface area contributed by atoms with Crippen LogP contribution in [0.5, 0.6) is 0 Å². The van der Waals surface area contributed by atoms with Crippen molar-refractivity contribution in [3.8, 4) is 0 Å². The van der Waals surface area contributed by atoms with Crippen LogP contribution in [0.25, 0.3) is 6.08 Å². The molecule has 2 heterocycles. The maximum absolute atomic E-state index is 11.3. The average molecular weight is 258 g/mol. The topological polar surface area (TPSA) is 64.0 Å². The third kappa shape index (κ3) is 1.85. The van der Waals surface area contributed by atoms with Crippen molar-refractivity contribution in [2.45, 2.75) is 6.92 Å². The summed E-state index contributed by atoms with van der Waals surface area (Å²) in [5, 5.41) is 6.37. The number of halogens is 1. The van der Waals surface area contributed by atoms with Crippen molar-refractivity contribution in [2.75, 3.05) is 0 Å². The number of rotatable bonds is 1. The minimum atomic E-state index is -0.394. The fourth-order valence-corrected chi connectivity index (χ4v) is 2.26. The Balaban J connectivity index is 2.43. The molecule has 0 bridgehead atoms. The molecule has 1 fully saturated rings. The van der Waals surface area contributed by atoms with Gasteiger partial charge in [-0.2, -0.15) is 5.10 Å². The molecule has 0 atom stereocenters. The standard InChI is InChI=1S/C9H8ClN3O2S/c1-4-5(7(10)13(2)12-4)3-6-8(14)11-9(15)16-6/h3H,1-2H3,(H,11,14,15)/b6-3-. The van der Waals surface area contributed by atoms with E-state index in [0.29, 0.717) is 21.3 Å². The summed E-state index contributed by atoms with van der Waals surface area (Å²) < 4.78 is 1.52. The van der Waals surface area contributed by atoms with Gasteiger partial charge in [0.25, 0.3) is 11.1 Å². The predicted molar refractivity (Wildman–Crippen MR) is 62.1 cm³/mol. The zero-order valence-electron chi connectivity index (χ0n) is 8.57. The zero-order valence-corrected chi connectivity index (χ0v) is 10.1. The van der Waals surface area contributed by atoms with Gasteiger partial charge < -0.3 is 0 Å². The Morgan fingerprint density at radius 3 is 2.62 bits per heavy atom. The van der Waals surface area contributed by atoms with Gasteiger partial charge in [0.2, 0.25) is 0 Å². The van der Waals surface area contributed by atoms with E-state index in [1.807, 2.05) is 0 Å². The van der Waals surface area contributed by atoms with Crippen molar-refractivity contribution in [1.29, 1.82) is 0 Å². The fourth-order valence-electron chi connectivity index (χ4n) is 1.36. The van der Waals surface area contributed by atoms with E-state index in [4.69, 9.17) is 11.6 Å². The molecule has 2 rings (SSSR count). The van der Waals surface area contributed by atoms with Crippen LogP contribution in [0, 0.1) is 6.92 Å². The summed E-state index contributed by atoms with van der Waals surface area (Å²) in [7, 11) is 1.71. The number of amides is 2. The summed E-state index contributed by atoms with van der Waals surface area (Å²) in [6.45, 7) is 1.79. The van der Waals surface area contributed by atoms with E-state index < -0.39 is 5.91 Å². The largest absolute Gasteiger partial charge is 0.290 e.